The molecule has 21 heavy (non-hydrogen) atoms. The number of esters is 1. The number of hydrogen-bond donors (Lipinski definition) is 1. The van der Waals surface area contributed by atoms with Gasteiger partial charge in [0.1, 0.15) is 0 Å². The fourth-order valence-corrected chi connectivity index (χ4v) is 1.81. The summed E-state index contributed by atoms with van der Waals surface area (Å²) in [4.78, 5) is 11.5. The van der Waals surface area contributed by atoms with Crippen molar-refractivity contribution in [3.8, 4) is 11.5 Å². The predicted octanol–water partition coefficient (Wildman–Crippen LogP) is 2.68. The van der Waals surface area contributed by atoms with E-state index >= 15 is 0 Å². The van der Waals surface area contributed by atoms with E-state index in [-0.39, 0.29) is 12.4 Å². The lowest BCUT2D eigenvalue weighted by Crippen LogP contribution is -2.17. The number of methoxy groups -OCH3 is 1. The number of nitrogens with two attached hydrogens (primary N) is 1. The molecule has 2 N–H and O–H groups in total. The summed E-state index contributed by atoms with van der Waals surface area (Å²) in [6.07, 6.45) is 0.142. The fourth-order valence-electron chi connectivity index (χ4n) is 1.81. The molecule has 1 aromatic rings. The van der Waals surface area contributed by atoms with Crippen LogP contribution in [0.4, 0.5) is 0 Å². The van der Waals surface area contributed by atoms with Gasteiger partial charge in [0.2, 0.25) is 0 Å². The highest BCUT2D eigenvalue weighted by molar-refractivity contribution is 5.70. The van der Waals surface area contributed by atoms with E-state index in [1.165, 1.54) is 0 Å². The first-order valence-corrected chi connectivity index (χ1v) is 7.19. The minimum Gasteiger partial charge on any atom is -0.493 e. The van der Waals surface area contributed by atoms with E-state index in [1.807, 2.05) is 12.1 Å². The highest BCUT2D eigenvalue weighted by Crippen LogP contribution is 2.31. The third kappa shape index (κ3) is 5.63. The molecule has 0 aliphatic heterocycles. The highest BCUT2D eigenvalue weighted by Gasteiger charge is 2.15. The van der Waals surface area contributed by atoms with Crippen molar-refractivity contribution in [1.29, 1.82) is 0 Å². The van der Waals surface area contributed by atoms with Crippen molar-refractivity contribution >= 4 is 5.97 Å². The molecular formula is C16H25NO4. The van der Waals surface area contributed by atoms with Crippen LogP contribution in [-0.4, -0.2) is 26.3 Å². The van der Waals surface area contributed by atoms with Gasteiger partial charge in [-0.3, -0.25) is 4.79 Å². The molecule has 0 fully saturated rings. The average Bonchev–Trinajstić information content (AvgIpc) is 2.44. The molecular weight excluding hydrogens is 270 g/mol. The van der Waals surface area contributed by atoms with E-state index in [2.05, 4.69) is 13.8 Å². The number of ether oxygens (including phenoxy) is 3. The maximum Gasteiger partial charge on any atom is 0.307 e. The van der Waals surface area contributed by atoms with Crippen LogP contribution in [0.3, 0.4) is 0 Å². The van der Waals surface area contributed by atoms with Crippen molar-refractivity contribution < 1.29 is 19.0 Å². The van der Waals surface area contributed by atoms with Crippen molar-refractivity contribution in [2.75, 3.05) is 20.3 Å². The molecule has 0 bridgehead atoms. The summed E-state index contributed by atoms with van der Waals surface area (Å²) in [5, 5.41) is 0. The van der Waals surface area contributed by atoms with Gasteiger partial charge in [-0.2, -0.15) is 0 Å². The number of hydrogen-bond acceptors (Lipinski definition) is 5. The normalized spacial score (nSPS) is 12.1. The Morgan fingerprint density at radius 2 is 2.00 bits per heavy atom. The minimum atomic E-state index is -0.419. The van der Waals surface area contributed by atoms with Crippen LogP contribution in [0, 0.1) is 5.92 Å². The Morgan fingerprint density at radius 1 is 1.29 bits per heavy atom. The first kappa shape index (κ1) is 17.3. The zero-order valence-corrected chi connectivity index (χ0v) is 13.2. The Morgan fingerprint density at radius 3 is 2.57 bits per heavy atom. The molecule has 5 nitrogen and oxygen atoms in total. The molecule has 0 saturated heterocycles. The molecule has 1 aromatic carbocycles. The monoisotopic (exact) mass is 295 g/mol. The molecule has 0 saturated carbocycles. The number of benzene rings is 1. The van der Waals surface area contributed by atoms with Crippen LogP contribution in [-0.2, 0) is 9.53 Å². The van der Waals surface area contributed by atoms with Gasteiger partial charge in [-0.15, -0.1) is 0 Å². The molecule has 1 atom stereocenters. The van der Waals surface area contributed by atoms with E-state index in [4.69, 9.17) is 19.9 Å². The van der Waals surface area contributed by atoms with Gasteiger partial charge in [-0.05, 0) is 30.5 Å². The van der Waals surface area contributed by atoms with Crippen LogP contribution >= 0.6 is 0 Å². The van der Waals surface area contributed by atoms with Gasteiger partial charge >= 0.3 is 5.97 Å². The van der Waals surface area contributed by atoms with Crippen molar-refractivity contribution in [1.82, 2.24) is 0 Å². The standard InChI is InChI=1S/C16H25NO4/c1-5-20-16(18)9-13(17)12-6-7-14(15(8-12)19-4)21-10-11(2)3/h6-8,11,13H,5,9-10,17H2,1-4H3/t13-/m0/s1. The van der Waals surface area contributed by atoms with E-state index < -0.39 is 6.04 Å². The largest absolute Gasteiger partial charge is 0.493 e. The summed E-state index contributed by atoms with van der Waals surface area (Å²) in [7, 11) is 1.58. The summed E-state index contributed by atoms with van der Waals surface area (Å²) >= 11 is 0. The lowest BCUT2D eigenvalue weighted by molar-refractivity contribution is -0.143. The third-order valence-corrected chi connectivity index (χ3v) is 2.88. The molecule has 0 unspecified atom stereocenters. The lowest BCUT2D eigenvalue weighted by atomic mass is 10.0. The quantitative estimate of drug-likeness (QED) is 0.747. The van der Waals surface area contributed by atoms with E-state index in [1.54, 1.807) is 20.1 Å². The second kappa shape index (κ2) is 8.52. The fraction of sp³-hybridized carbons (Fsp3) is 0.562. The molecule has 0 radical (unpaired) electrons. The van der Waals surface area contributed by atoms with Crippen LogP contribution < -0.4 is 15.2 Å². The Bertz CT molecular complexity index is 460. The van der Waals surface area contributed by atoms with E-state index in [9.17, 15) is 4.79 Å². The summed E-state index contributed by atoms with van der Waals surface area (Å²) in [6.45, 7) is 6.90. The van der Waals surface area contributed by atoms with Gasteiger partial charge in [0, 0.05) is 6.04 Å². The molecule has 5 heteroatoms. The maximum atomic E-state index is 11.5. The van der Waals surface area contributed by atoms with E-state index in [0.29, 0.717) is 30.6 Å². The summed E-state index contributed by atoms with van der Waals surface area (Å²) in [6, 6.07) is 5.06. The van der Waals surface area contributed by atoms with Crippen LogP contribution in [0.25, 0.3) is 0 Å². The molecule has 118 valence electrons. The lowest BCUT2D eigenvalue weighted by Gasteiger charge is -2.16. The van der Waals surface area contributed by atoms with Crippen molar-refractivity contribution in [2.45, 2.75) is 33.2 Å². The van der Waals surface area contributed by atoms with Crippen LogP contribution in [0.5, 0.6) is 11.5 Å². The first-order chi connectivity index (χ1) is 9.97. The predicted molar refractivity (Wildman–Crippen MR) is 81.5 cm³/mol. The van der Waals surface area contributed by atoms with Crippen LogP contribution in [0.2, 0.25) is 0 Å². The molecule has 0 spiro atoms. The molecule has 0 aromatic heterocycles. The smallest absolute Gasteiger partial charge is 0.307 e. The number of carbonyl (C=O) groups is 1. The second-order valence-corrected chi connectivity index (χ2v) is 5.23. The van der Waals surface area contributed by atoms with Gasteiger partial charge in [-0.1, -0.05) is 19.9 Å². The van der Waals surface area contributed by atoms with Gasteiger partial charge < -0.3 is 19.9 Å². The number of carbonyl (C=O) groups excluding carboxylic acids is 1. The topological polar surface area (TPSA) is 70.8 Å². The minimum absolute atomic E-state index is 0.142. The molecule has 0 amide bonds. The SMILES string of the molecule is CCOC(=O)C[C@H](N)c1ccc(OCC(C)C)c(OC)c1. The zero-order chi connectivity index (χ0) is 15.8. The summed E-state index contributed by atoms with van der Waals surface area (Å²) in [5.41, 5.74) is 6.84. The Labute approximate surface area is 126 Å². The molecule has 0 aliphatic carbocycles. The van der Waals surface area contributed by atoms with Gasteiger partial charge in [0.15, 0.2) is 11.5 Å². The van der Waals surface area contributed by atoms with Crippen molar-refractivity contribution in [2.24, 2.45) is 11.7 Å². The van der Waals surface area contributed by atoms with Crippen molar-refractivity contribution in [3.05, 3.63) is 23.8 Å². The third-order valence-electron chi connectivity index (χ3n) is 2.88. The van der Waals surface area contributed by atoms with Gasteiger partial charge in [0.25, 0.3) is 0 Å². The number of rotatable bonds is 8. The Balaban J connectivity index is 2.78. The zero-order valence-electron chi connectivity index (χ0n) is 13.2. The van der Waals surface area contributed by atoms with E-state index in [0.717, 1.165) is 5.56 Å². The molecule has 1 rings (SSSR count). The van der Waals surface area contributed by atoms with Gasteiger partial charge in [0.05, 0.1) is 26.7 Å². The Kier molecular flexibility index (Phi) is 7.02. The summed E-state index contributed by atoms with van der Waals surface area (Å²) in [5.74, 6) is 1.43. The van der Waals surface area contributed by atoms with Crippen molar-refractivity contribution in [3.63, 3.8) is 0 Å². The summed E-state index contributed by atoms with van der Waals surface area (Å²) < 4.78 is 15.9. The van der Waals surface area contributed by atoms with Gasteiger partial charge in [-0.25, -0.2) is 0 Å². The average molecular weight is 295 g/mol. The molecule has 0 heterocycles. The second-order valence-electron chi connectivity index (χ2n) is 5.23. The first-order valence-electron chi connectivity index (χ1n) is 7.19. The van der Waals surface area contributed by atoms with Crippen LogP contribution in [0.15, 0.2) is 18.2 Å². The maximum absolute atomic E-state index is 11.5. The molecule has 0 aliphatic rings. The van der Waals surface area contributed by atoms with Crippen LogP contribution in [0.1, 0.15) is 38.8 Å². The highest BCUT2D eigenvalue weighted by atomic mass is 16.5. The Hall–Kier alpha value is -1.75.